The number of rotatable bonds is 10. The molecule has 384 valence electrons. The largest absolute Gasteiger partial charge is 0.477 e. The van der Waals surface area contributed by atoms with Crippen LogP contribution in [0.1, 0.15) is 110 Å². The van der Waals surface area contributed by atoms with Gasteiger partial charge in [0.15, 0.2) is 11.6 Å². The minimum Gasteiger partial charge on any atom is -0.477 e. The van der Waals surface area contributed by atoms with Crippen LogP contribution in [0.5, 0.6) is 0 Å². The number of ether oxygens (including phenoxy) is 3. The highest BCUT2D eigenvalue weighted by molar-refractivity contribution is 6.31. The predicted molar refractivity (Wildman–Crippen MR) is 272 cm³/mol. The molecular formula is C50H60Cl2N10O10. The Hall–Kier alpha value is -7.06. The number of anilines is 2. The average Bonchev–Trinajstić information content (AvgIpc) is 3.86. The number of amides is 2. The topological polar surface area (TPSA) is 236 Å². The highest BCUT2D eigenvalue weighted by Gasteiger charge is 2.32. The highest BCUT2D eigenvalue weighted by Crippen LogP contribution is 2.32. The molecule has 0 bridgehead atoms. The summed E-state index contributed by atoms with van der Waals surface area (Å²) in [6.07, 6.45) is 5.69. The standard InChI is InChI=1S/C26H32ClN5O5.C24H28ClN5O5/c1-26(2,3)37-25(35)28-17-10-8-12-31(14-17)22-18(13-16-9-6-7-11-19(16)27)21-23(33)30(4)20(24(34)36-5)15-32(21)29-22;1-24(2,3)35-23(34)26-15-8-6-10-29(12-15)20-16(11-14-7-4-5-9-17(14)25)19-21(31)27-18(22(32)33)13-30(19)28-20/h6-7,9,11,15,17H,8,10,12-14H2,1-5H3,(H,28,35);4-5,7,9,13,15H,6,8,10-12H2,1-3H3,(H,26,34)(H,27,31)(H,32,33)/t17-;15-/m11/s1. The molecule has 0 unspecified atom stereocenters. The van der Waals surface area contributed by atoms with E-state index in [9.17, 15) is 33.9 Å². The number of piperidine rings is 2. The van der Waals surface area contributed by atoms with Crippen LogP contribution in [0.3, 0.4) is 0 Å². The van der Waals surface area contributed by atoms with E-state index >= 15 is 0 Å². The Kier molecular flexibility index (Phi) is 15.9. The molecule has 20 nitrogen and oxygen atoms in total. The van der Waals surface area contributed by atoms with Gasteiger partial charge in [-0.3, -0.25) is 9.59 Å². The van der Waals surface area contributed by atoms with Crippen LogP contribution in [-0.2, 0) is 34.1 Å². The summed E-state index contributed by atoms with van der Waals surface area (Å²) >= 11 is 12.9. The maximum Gasteiger partial charge on any atom is 0.407 e. The molecule has 22 heteroatoms. The van der Waals surface area contributed by atoms with Crippen molar-refractivity contribution in [3.8, 4) is 0 Å². The molecule has 4 N–H and O–H groups in total. The van der Waals surface area contributed by atoms with Gasteiger partial charge in [0.05, 0.1) is 19.5 Å². The molecule has 6 heterocycles. The van der Waals surface area contributed by atoms with E-state index in [-0.39, 0.29) is 34.5 Å². The number of carbonyl (C=O) groups is 4. The van der Waals surface area contributed by atoms with E-state index in [1.54, 1.807) is 32.9 Å². The van der Waals surface area contributed by atoms with Crippen LogP contribution in [0.15, 0.2) is 70.5 Å². The van der Waals surface area contributed by atoms with Crippen molar-refractivity contribution in [1.29, 1.82) is 0 Å². The molecule has 0 aliphatic carbocycles. The number of carbonyl (C=O) groups excluding carboxylic acids is 3. The van der Waals surface area contributed by atoms with Crippen molar-refractivity contribution in [3.05, 3.63) is 125 Å². The molecule has 2 aliphatic rings. The van der Waals surface area contributed by atoms with Gasteiger partial charge in [0.2, 0.25) is 0 Å². The minimum atomic E-state index is -1.26. The van der Waals surface area contributed by atoms with Crippen LogP contribution >= 0.6 is 23.2 Å². The first kappa shape index (κ1) is 52.8. The van der Waals surface area contributed by atoms with E-state index in [1.165, 1.54) is 40.1 Å². The van der Waals surface area contributed by atoms with Crippen LogP contribution in [0.25, 0.3) is 11.0 Å². The van der Waals surface area contributed by atoms with Gasteiger partial charge in [0.1, 0.15) is 33.6 Å². The molecule has 72 heavy (non-hydrogen) atoms. The molecule has 0 spiro atoms. The number of H-pyrrole nitrogens is 1. The molecule has 2 amide bonds. The van der Waals surface area contributed by atoms with Gasteiger partial charge < -0.3 is 49.3 Å². The third-order valence-electron chi connectivity index (χ3n) is 12.0. The number of alkyl carbamates (subject to hydrolysis) is 2. The first-order chi connectivity index (χ1) is 34.0. The smallest absolute Gasteiger partial charge is 0.407 e. The third-order valence-corrected chi connectivity index (χ3v) is 12.7. The Balaban J connectivity index is 0.000000212. The number of nitrogens with zero attached hydrogens (tertiary/aromatic N) is 7. The lowest BCUT2D eigenvalue weighted by Gasteiger charge is -2.34. The molecule has 2 atom stereocenters. The van der Waals surface area contributed by atoms with Crippen LogP contribution < -0.4 is 31.6 Å². The normalized spacial score (nSPS) is 16.2. The number of hydrogen-bond acceptors (Lipinski definition) is 13. The number of halogens is 2. The summed E-state index contributed by atoms with van der Waals surface area (Å²) < 4.78 is 19.7. The first-order valence-electron chi connectivity index (χ1n) is 23.5. The molecule has 2 saturated heterocycles. The first-order valence-corrected chi connectivity index (χ1v) is 24.3. The van der Waals surface area contributed by atoms with Gasteiger partial charge in [-0.2, -0.15) is 0 Å². The molecule has 2 aromatic carbocycles. The zero-order valence-corrected chi connectivity index (χ0v) is 43.0. The maximum absolute atomic E-state index is 13.5. The number of aromatic nitrogens is 6. The molecule has 2 fully saturated rings. The lowest BCUT2D eigenvalue weighted by Crippen LogP contribution is -2.49. The summed E-state index contributed by atoms with van der Waals surface area (Å²) in [6, 6.07) is 14.5. The Morgan fingerprint density at radius 2 is 1.19 bits per heavy atom. The van der Waals surface area contributed by atoms with Gasteiger partial charge in [-0.15, -0.1) is 10.2 Å². The predicted octanol–water partition coefficient (Wildman–Crippen LogP) is 7.02. The summed E-state index contributed by atoms with van der Waals surface area (Å²) in [4.78, 5) is 81.4. The van der Waals surface area contributed by atoms with E-state index in [2.05, 4.69) is 25.6 Å². The molecule has 8 rings (SSSR count). The van der Waals surface area contributed by atoms with Gasteiger partial charge in [0, 0.05) is 79.3 Å². The van der Waals surface area contributed by atoms with Gasteiger partial charge in [-0.25, -0.2) is 28.2 Å². The summed E-state index contributed by atoms with van der Waals surface area (Å²) in [5, 5.41) is 25.7. The van der Waals surface area contributed by atoms with Crippen molar-refractivity contribution >= 4 is 70.0 Å². The second-order valence-electron chi connectivity index (χ2n) is 19.8. The van der Waals surface area contributed by atoms with Crippen LogP contribution in [0.2, 0.25) is 10.0 Å². The van der Waals surface area contributed by atoms with Gasteiger partial charge in [0.25, 0.3) is 11.1 Å². The average molecular weight is 1030 g/mol. The number of methoxy groups -OCH3 is 1. The number of fused-ring (bicyclic) bond motifs is 2. The molecular weight excluding hydrogens is 972 g/mol. The molecule has 4 aromatic heterocycles. The zero-order chi connectivity index (χ0) is 52.2. The Morgan fingerprint density at radius 3 is 1.64 bits per heavy atom. The summed E-state index contributed by atoms with van der Waals surface area (Å²) in [7, 11) is 2.79. The number of aromatic carboxylic acids is 1. The number of aromatic amines is 1. The summed E-state index contributed by atoms with van der Waals surface area (Å²) in [5.41, 5.74) is 1.30. The Labute approximate surface area is 425 Å². The fourth-order valence-electron chi connectivity index (χ4n) is 8.80. The van der Waals surface area contributed by atoms with E-state index in [4.69, 9.17) is 42.5 Å². The van der Waals surface area contributed by atoms with E-state index in [0.717, 1.165) is 36.8 Å². The van der Waals surface area contributed by atoms with E-state index < -0.39 is 40.9 Å². The van der Waals surface area contributed by atoms with Crippen LogP contribution in [0.4, 0.5) is 21.2 Å². The molecule has 0 radical (unpaired) electrons. The fourth-order valence-corrected chi connectivity index (χ4v) is 9.20. The monoisotopic (exact) mass is 1030 g/mol. The molecule has 6 aromatic rings. The number of hydrogen-bond donors (Lipinski definition) is 4. The second-order valence-corrected chi connectivity index (χ2v) is 20.6. The van der Waals surface area contributed by atoms with Crippen LogP contribution in [0, 0.1) is 0 Å². The summed E-state index contributed by atoms with van der Waals surface area (Å²) in [6.45, 7) is 13.2. The number of carboxylic acid groups (broad SMARTS) is 1. The lowest BCUT2D eigenvalue weighted by atomic mass is 10.0. The Bertz CT molecular complexity index is 3130. The minimum absolute atomic E-state index is 0.0847. The van der Waals surface area contributed by atoms with Gasteiger partial charge >= 0.3 is 24.1 Å². The second kappa shape index (κ2) is 21.7. The number of benzene rings is 2. The highest BCUT2D eigenvalue weighted by atomic mass is 35.5. The van der Waals surface area contributed by atoms with Crippen molar-refractivity contribution < 1.29 is 38.5 Å². The fraction of sp³-hybridized carbons (Fsp3) is 0.440. The lowest BCUT2D eigenvalue weighted by molar-refractivity contribution is 0.0488. The van der Waals surface area contributed by atoms with Crippen molar-refractivity contribution in [2.45, 2.75) is 103 Å². The van der Waals surface area contributed by atoms with Crippen molar-refractivity contribution in [2.75, 3.05) is 43.1 Å². The number of carboxylic acids is 1. The zero-order valence-electron chi connectivity index (χ0n) is 41.5. The van der Waals surface area contributed by atoms with Crippen LogP contribution in [-0.4, -0.2) is 115 Å². The third kappa shape index (κ3) is 12.5. The maximum atomic E-state index is 13.5. The quantitative estimate of drug-likeness (QED) is 0.0798. The number of esters is 1. The van der Waals surface area contributed by atoms with E-state index in [0.29, 0.717) is 77.3 Å². The SMILES string of the molecule is CC(C)(C)OC(=O)N[C@@H]1CCCN(c2nn3cc(C(=O)O)[nH]c(=O)c3c2Cc2ccccc2Cl)C1.COC(=O)c1cn2nc(N3CCC[C@@H](NC(=O)OC(C)(C)C)C3)c(Cc3ccccc3Cl)c2c(=O)n1C. The van der Waals surface area contributed by atoms with E-state index in [1.807, 2.05) is 62.1 Å². The van der Waals surface area contributed by atoms with Crippen molar-refractivity contribution in [2.24, 2.45) is 7.05 Å². The molecule has 2 aliphatic heterocycles. The Morgan fingerprint density at radius 1 is 0.736 bits per heavy atom. The summed E-state index contributed by atoms with van der Waals surface area (Å²) in [5.74, 6) is -0.734. The van der Waals surface area contributed by atoms with Crippen molar-refractivity contribution in [3.63, 3.8) is 0 Å². The van der Waals surface area contributed by atoms with Gasteiger partial charge in [-0.1, -0.05) is 59.6 Å². The van der Waals surface area contributed by atoms with Crippen molar-refractivity contribution in [1.82, 2.24) is 39.4 Å². The number of nitrogens with one attached hydrogen (secondary N) is 3. The van der Waals surface area contributed by atoms with Gasteiger partial charge in [-0.05, 0) is 90.5 Å². The molecule has 0 saturated carbocycles.